The predicted molar refractivity (Wildman–Crippen MR) is 90.5 cm³/mol. The minimum Gasteiger partial charge on any atom is -0.351 e. The van der Waals surface area contributed by atoms with Gasteiger partial charge < -0.3 is 4.90 Å². The van der Waals surface area contributed by atoms with Gasteiger partial charge in [-0.3, -0.25) is 0 Å². The van der Waals surface area contributed by atoms with Crippen LogP contribution in [0.4, 0.5) is 5.69 Å². The van der Waals surface area contributed by atoms with E-state index < -0.39 is 8.87 Å². The second-order valence-corrected chi connectivity index (χ2v) is 9.68. The van der Waals surface area contributed by atoms with E-state index in [9.17, 15) is 8.42 Å². The molecule has 110 valence electrons. The number of hydrogen-bond acceptors (Lipinski definition) is 5. The highest BCUT2D eigenvalue weighted by Gasteiger charge is 2.22. The summed E-state index contributed by atoms with van der Waals surface area (Å²) in [6.07, 6.45) is 0. The second kappa shape index (κ2) is 5.94. The Balaban J connectivity index is 1.72. The SMILES string of the molecule is Cc1ccc(S(=O)(=O)SCN2CSc3ccccc32)cc1. The maximum absolute atomic E-state index is 12.3. The van der Waals surface area contributed by atoms with Crippen LogP contribution in [0.15, 0.2) is 58.3 Å². The second-order valence-electron chi connectivity index (χ2n) is 4.80. The monoisotopic (exact) mass is 337 g/mol. The fourth-order valence-corrected chi connectivity index (χ4v) is 5.87. The third-order valence-corrected chi connectivity index (χ3v) is 7.75. The molecule has 0 aliphatic carbocycles. The Morgan fingerprint density at radius 2 is 1.86 bits per heavy atom. The molecule has 6 heteroatoms. The molecule has 1 aliphatic heterocycles. The lowest BCUT2D eigenvalue weighted by Gasteiger charge is -2.17. The number of fused-ring (bicyclic) bond motifs is 1. The van der Waals surface area contributed by atoms with Crippen molar-refractivity contribution < 1.29 is 8.42 Å². The largest absolute Gasteiger partial charge is 0.351 e. The van der Waals surface area contributed by atoms with Crippen LogP contribution >= 0.6 is 22.6 Å². The van der Waals surface area contributed by atoms with Crippen LogP contribution in [0.3, 0.4) is 0 Å². The molecule has 21 heavy (non-hydrogen) atoms. The smallest absolute Gasteiger partial charge is 0.231 e. The maximum atomic E-state index is 12.3. The average molecular weight is 337 g/mol. The molecule has 0 saturated heterocycles. The van der Waals surface area contributed by atoms with Crippen LogP contribution in [-0.4, -0.2) is 20.2 Å². The van der Waals surface area contributed by atoms with Crippen molar-refractivity contribution in [2.45, 2.75) is 16.7 Å². The number of anilines is 1. The summed E-state index contributed by atoms with van der Waals surface area (Å²) in [7, 11) is -2.32. The Hall–Kier alpha value is -1.11. The lowest BCUT2D eigenvalue weighted by molar-refractivity contribution is 0.610. The summed E-state index contributed by atoms with van der Waals surface area (Å²) in [5.74, 6) is 1.25. The first-order valence-corrected chi connectivity index (χ1v) is 10.5. The van der Waals surface area contributed by atoms with E-state index in [1.807, 2.05) is 37.3 Å². The third-order valence-electron chi connectivity index (χ3n) is 3.26. The van der Waals surface area contributed by atoms with Crippen LogP contribution in [0, 0.1) is 6.92 Å². The molecule has 1 heterocycles. The zero-order valence-corrected chi connectivity index (χ0v) is 14.0. The molecule has 0 bridgehead atoms. The molecule has 2 aromatic rings. The molecule has 0 fully saturated rings. The van der Waals surface area contributed by atoms with Crippen LogP contribution in [0.5, 0.6) is 0 Å². The molecule has 0 N–H and O–H groups in total. The number of nitrogens with zero attached hydrogens (tertiary/aromatic N) is 1. The van der Waals surface area contributed by atoms with Crippen LogP contribution in [0.1, 0.15) is 5.56 Å². The van der Waals surface area contributed by atoms with Gasteiger partial charge in [-0.25, -0.2) is 8.42 Å². The van der Waals surface area contributed by atoms with E-state index >= 15 is 0 Å². The first kappa shape index (κ1) is 14.8. The van der Waals surface area contributed by atoms with Gasteiger partial charge in [0.05, 0.1) is 22.3 Å². The fraction of sp³-hybridized carbons (Fsp3) is 0.200. The first-order valence-electron chi connectivity index (χ1n) is 6.49. The third kappa shape index (κ3) is 3.22. The Morgan fingerprint density at radius 3 is 2.62 bits per heavy atom. The van der Waals surface area contributed by atoms with Gasteiger partial charge in [0.2, 0.25) is 8.87 Å². The van der Waals surface area contributed by atoms with Crippen molar-refractivity contribution in [1.29, 1.82) is 0 Å². The Labute approximate surface area is 133 Å². The van der Waals surface area contributed by atoms with Crippen molar-refractivity contribution in [3.05, 3.63) is 54.1 Å². The maximum Gasteiger partial charge on any atom is 0.231 e. The minimum absolute atomic E-state index is 0.373. The molecule has 0 aromatic heterocycles. The molecule has 2 aromatic carbocycles. The number of thioether (sulfide) groups is 1. The number of para-hydroxylation sites is 1. The molecule has 0 unspecified atom stereocenters. The van der Waals surface area contributed by atoms with Crippen molar-refractivity contribution in [3.63, 3.8) is 0 Å². The van der Waals surface area contributed by atoms with Gasteiger partial charge in [0.25, 0.3) is 0 Å². The van der Waals surface area contributed by atoms with Crippen molar-refractivity contribution in [1.82, 2.24) is 0 Å². The molecule has 3 nitrogen and oxygen atoms in total. The van der Waals surface area contributed by atoms with Crippen LogP contribution in [-0.2, 0) is 8.87 Å². The van der Waals surface area contributed by atoms with E-state index in [0.29, 0.717) is 10.8 Å². The molecule has 0 amide bonds. The zero-order valence-electron chi connectivity index (χ0n) is 11.5. The van der Waals surface area contributed by atoms with Gasteiger partial charge in [-0.15, -0.1) is 11.8 Å². The standard InChI is InChI=1S/C15H15NO2S3/c1-12-6-8-13(9-7-12)21(17,18)20-11-16-10-19-15-5-3-2-4-14(15)16/h2-9H,10-11H2,1H3. The van der Waals surface area contributed by atoms with E-state index in [1.165, 1.54) is 4.90 Å². The normalized spacial score (nSPS) is 14.2. The molecule has 0 spiro atoms. The first-order chi connectivity index (χ1) is 10.1. The summed E-state index contributed by atoms with van der Waals surface area (Å²) in [5.41, 5.74) is 2.18. The summed E-state index contributed by atoms with van der Waals surface area (Å²) in [6, 6.07) is 15.1. The van der Waals surface area contributed by atoms with Crippen molar-refractivity contribution in [2.75, 3.05) is 16.7 Å². The van der Waals surface area contributed by atoms with E-state index in [4.69, 9.17) is 0 Å². The Morgan fingerprint density at radius 1 is 1.14 bits per heavy atom. The lowest BCUT2D eigenvalue weighted by atomic mass is 10.2. The zero-order chi connectivity index (χ0) is 14.9. The van der Waals surface area contributed by atoms with Gasteiger partial charge in [0.1, 0.15) is 0 Å². The summed E-state index contributed by atoms with van der Waals surface area (Å²) < 4.78 is 24.7. The summed E-state index contributed by atoms with van der Waals surface area (Å²) in [4.78, 5) is 3.68. The number of hydrogen-bond donors (Lipinski definition) is 0. The topological polar surface area (TPSA) is 37.4 Å². The van der Waals surface area contributed by atoms with E-state index in [1.54, 1.807) is 23.9 Å². The minimum atomic E-state index is -3.30. The average Bonchev–Trinajstić information content (AvgIpc) is 2.89. The van der Waals surface area contributed by atoms with E-state index in [0.717, 1.165) is 27.9 Å². The summed E-state index contributed by atoms with van der Waals surface area (Å²) in [6.45, 7) is 1.95. The molecular weight excluding hydrogens is 322 g/mol. The quantitative estimate of drug-likeness (QED) is 0.790. The van der Waals surface area contributed by atoms with Gasteiger partial charge in [-0.2, -0.15) is 0 Å². The van der Waals surface area contributed by atoms with Crippen LogP contribution in [0.2, 0.25) is 0 Å². The van der Waals surface area contributed by atoms with Crippen molar-refractivity contribution >= 4 is 37.1 Å². The number of benzene rings is 2. The lowest BCUT2D eigenvalue weighted by Crippen LogP contribution is -2.19. The van der Waals surface area contributed by atoms with Gasteiger partial charge in [-0.05, 0) is 42.0 Å². The number of aryl methyl sites for hydroxylation is 1. The van der Waals surface area contributed by atoms with Crippen LogP contribution < -0.4 is 4.90 Å². The fourth-order valence-electron chi connectivity index (χ4n) is 2.07. The molecule has 0 atom stereocenters. The molecular formula is C15H15NO2S3. The van der Waals surface area contributed by atoms with Gasteiger partial charge in [0.15, 0.2) is 0 Å². The Kier molecular flexibility index (Phi) is 4.19. The van der Waals surface area contributed by atoms with Crippen molar-refractivity contribution in [2.24, 2.45) is 0 Å². The predicted octanol–water partition coefficient (Wildman–Crippen LogP) is 3.94. The van der Waals surface area contributed by atoms with Crippen LogP contribution in [0.25, 0.3) is 0 Å². The summed E-state index contributed by atoms with van der Waals surface area (Å²) >= 11 is 1.74. The highest BCUT2D eigenvalue weighted by atomic mass is 33.1. The van der Waals surface area contributed by atoms with Crippen molar-refractivity contribution in [3.8, 4) is 0 Å². The van der Waals surface area contributed by atoms with Gasteiger partial charge >= 0.3 is 0 Å². The van der Waals surface area contributed by atoms with E-state index in [-0.39, 0.29) is 0 Å². The highest BCUT2D eigenvalue weighted by Crippen LogP contribution is 2.39. The molecule has 3 rings (SSSR count). The highest BCUT2D eigenvalue weighted by molar-refractivity contribution is 8.72. The van der Waals surface area contributed by atoms with E-state index in [2.05, 4.69) is 11.0 Å². The number of rotatable bonds is 4. The van der Waals surface area contributed by atoms with Gasteiger partial charge in [0, 0.05) is 4.90 Å². The molecule has 0 saturated carbocycles. The molecule has 1 aliphatic rings. The Bertz CT molecular complexity index is 742. The summed E-state index contributed by atoms with van der Waals surface area (Å²) in [5, 5.41) is 0. The molecule has 0 radical (unpaired) electrons. The van der Waals surface area contributed by atoms with Gasteiger partial charge in [-0.1, -0.05) is 29.8 Å².